The van der Waals surface area contributed by atoms with Crippen molar-refractivity contribution in [2.45, 2.75) is 12.5 Å². The van der Waals surface area contributed by atoms with Crippen LogP contribution in [0.5, 0.6) is 0 Å². The summed E-state index contributed by atoms with van der Waals surface area (Å²) < 4.78 is 1.19. The molecule has 2 nitrogen and oxygen atoms in total. The van der Waals surface area contributed by atoms with Crippen LogP contribution >= 0.6 is 11.3 Å². The lowest BCUT2D eigenvalue weighted by molar-refractivity contribution is 0.0708. The summed E-state index contributed by atoms with van der Waals surface area (Å²) in [4.78, 5) is 0.932. The lowest BCUT2D eigenvalue weighted by Crippen LogP contribution is -2.30. The molecule has 0 bridgehead atoms. The molecule has 2 rings (SSSR count). The Morgan fingerprint density at radius 2 is 2.14 bits per heavy atom. The van der Waals surface area contributed by atoms with Crippen molar-refractivity contribution < 1.29 is 5.11 Å². The Hall–Kier alpha value is -0.900. The molecule has 1 aromatic heterocycles. The second kappa shape index (κ2) is 3.35. The van der Waals surface area contributed by atoms with Gasteiger partial charge in [-0.2, -0.15) is 0 Å². The molecule has 1 atom stereocenters. The number of nitrogens with two attached hydrogens (primary N) is 1. The highest BCUT2D eigenvalue weighted by atomic mass is 32.1. The van der Waals surface area contributed by atoms with Gasteiger partial charge in [-0.3, -0.25) is 0 Å². The highest BCUT2D eigenvalue weighted by Gasteiger charge is 2.23. The first kappa shape index (κ1) is 9.65. The van der Waals surface area contributed by atoms with E-state index in [2.05, 4.69) is 6.07 Å². The van der Waals surface area contributed by atoms with Crippen molar-refractivity contribution in [3.05, 3.63) is 35.2 Å². The number of benzene rings is 1. The lowest BCUT2D eigenvalue weighted by Gasteiger charge is -2.18. The van der Waals surface area contributed by atoms with Crippen molar-refractivity contribution in [1.82, 2.24) is 0 Å². The molecule has 3 heteroatoms. The van der Waals surface area contributed by atoms with E-state index in [0.717, 1.165) is 4.88 Å². The molecule has 14 heavy (non-hydrogen) atoms. The van der Waals surface area contributed by atoms with Crippen LogP contribution in [0.15, 0.2) is 30.3 Å². The zero-order chi connectivity index (χ0) is 10.2. The third-order valence-electron chi connectivity index (χ3n) is 2.35. The highest BCUT2D eigenvalue weighted by Crippen LogP contribution is 2.32. The molecule has 0 aliphatic rings. The predicted octanol–water partition coefficient (Wildman–Crippen LogP) is 2.07. The van der Waals surface area contributed by atoms with E-state index in [4.69, 9.17) is 5.73 Å². The van der Waals surface area contributed by atoms with E-state index in [1.54, 1.807) is 18.3 Å². The van der Waals surface area contributed by atoms with Crippen LogP contribution in [0.1, 0.15) is 11.8 Å². The summed E-state index contributed by atoms with van der Waals surface area (Å²) in [6.07, 6.45) is 0. The second-order valence-corrected chi connectivity index (χ2v) is 4.71. The van der Waals surface area contributed by atoms with Crippen LogP contribution in [-0.2, 0) is 5.60 Å². The third-order valence-corrected chi connectivity index (χ3v) is 3.72. The van der Waals surface area contributed by atoms with Gasteiger partial charge in [0, 0.05) is 16.1 Å². The first-order valence-electron chi connectivity index (χ1n) is 4.55. The molecule has 0 spiro atoms. The zero-order valence-electron chi connectivity index (χ0n) is 8.03. The molecule has 3 N–H and O–H groups in total. The number of rotatable bonds is 2. The summed E-state index contributed by atoms with van der Waals surface area (Å²) in [5.74, 6) is 0. The molecule has 74 valence electrons. The number of thiophene rings is 1. The van der Waals surface area contributed by atoms with Crippen molar-refractivity contribution in [3.63, 3.8) is 0 Å². The maximum atomic E-state index is 9.98. The minimum absolute atomic E-state index is 0.250. The van der Waals surface area contributed by atoms with E-state index in [-0.39, 0.29) is 6.54 Å². The summed E-state index contributed by atoms with van der Waals surface area (Å²) in [5, 5.41) is 11.1. The molecular weight excluding hydrogens is 194 g/mol. The summed E-state index contributed by atoms with van der Waals surface area (Å²) in [5.41, 5.74) is 4.62. The van der Waals surface area contributed by atoms with Crippen LogP contribution in [0.2, 0.25) is 0 Å². The summed E-state index contributed by atoms with van der Waals surface area (Å²) in [6.45, 7) is 2.00. The van der Waals surface area contributed by atoms with Gasteiger partial charge in [-0.05, 0) is 24.4 Å². The van der Waals surface area contributed by atoms with Crippen LogP contribution < -0.4 is 5.73 Å². The topological polar surface area (TPSA) is 46.2 Å². The SMILES string of the molecule is CC(O)(CN)c1cc2ccccc2s1. The van der Waals surface area contributed by atoms with E-state index < -0.39 is 5.60 Å². The molecule has 1 unspecified atom stereocenters. The van der Waals surface area contributed by atoms with Gasteiger partial charge in [-0.1, -0.05) is 18.2 Å². The van der Waals surface area contributed by atoms with Crippen molar-refractivity contribution in [1.29, 1.82) is 0 Å². The average molecular weight is 207 g/mol. The number of aliphatic hydroxyl groups is 1. The Kier molecular flexibility index (Phi) is 2.31. The average Bonchev–Trinajstić information content (AvgIpc) is 2.61. The number of hydrogen-bond donors (Lipinski definition) is 2. The summed E-state index contributed by atoms with van der Waals surface area (Å²) in [6, 6.07) is 10.1. The van der Waals surface area contributed by atoms with Gasteiger partial charge in [0.1, 0.15) is 5.60 Å². The summed E-state index contributed by atoms with van der Waals surface area (Å²) in [7, 11) is 0. The molecule has 1 aromatic carbocycles. The normalized spacial score (nSPS) is 15.6. The minimum Gasteiger partial charge on any atom is -0.383 e. The van der Waals surface area contributed by atoms with Crippen LogP contribution in [0.3, 0.4) is 0 Å². The molecule has 0 aliphatic carbocycles. The summed E-state index contributed by atoms with van der Waals surface area (Å²) >= 11 is 1.60. The van der Waals surface area contributed by atoms with Crippen molar-refractivity contribution in [2.75, 3.05) is 6.54 Å². The Morgan fingerprint density at radius 3 is 2.79 bits per heavy atom. The number of hydrogen-bond acceptors (Lipinski definition) is 3. The molecule has 0 saturated heterocycles. The fourth-order valence-corrected chi connectivity index (χ4v) is 2.47. The molecule has 0 fully saturated rings. The first-order valence-corrected chi connectivity index (χ1v) is 5.36. The Bertz CT molecular complexity index is 414. The molecule has 0 amide bonds. The number of fused-ring (bicyclic) bond motifs is 1. The fraction of sp³-hybridized carbons (Fsp3) is 0.273. The van der Waals surface area contributed by atoms with Gasteiger partial charge in [0.05, 0.1) is 0 Å². The van der Waals surface area contributed by atoms with Gasteiger partial charge in [-0.15, -0.1) is 11.3 Å². The molecule has 0 radical (unpaired) electrons. The van der Waals surface area contributed by atoms with Crippen molar-refractivity contribution >= 4 is 21.4 Å². The molecule has 2 aromatic rings. The Morgan fingerprint density at radius 1 is 1.43 bits per heavy atom. The van der Waals surface area contributed by atoms with Crippen LogP contribution in [0, 0.1) is 0 Å². The fourth-order valence-electron chi connectivity index (χ4n) is 1.35. The van der Waals surface area contributed by atoms with Crippen LogP contribution in [0.4, 0.5) is 0 Å². The third kappa shape index (κ3) is 1.54. The smallest absolute Gasteiger partial charge is 0.108 e. The van der Waals surface area contributed by atoms with Crippen molar-refractivity contribution in [2.24, 2.45) is 5.73 Å². The van der Waals surface area contributed by atoms with Crippen LogP contribution in [-0.4, -0.2) is 11.7 Å². The molecular formula is C11H13NOS. The van der Waals surface area contributed by atoms with Gasteiger partial charge in [0.15, 0.2) is 0 Å². The van der Waals surface area contributed by atoms with Gasteiger partial charge in [0.25, 0.3) is 0 Å². The maximum Gasteiger partial charge on any atom is 0.108 e. The maximum absolute atomic E-state index is 9.98. The van der Waals surface area contributed by atoms with E-state index in [9.17, 15) is 5.11 Å². The van der Waals surface area contributed by atoms with E-state index >= 15 is 0 Å². The monoisotopic (exact) mass is 207 g/mol. The van der Waals surface area contributed by atoms with E-state index in [0.29, 0.717) is 0 Å². The first-order chi connectivity index (χ1) is 6.63. The Balaban J connectivity index is 2.55. The highest BCUT2D eigenvalue weighted by molar-refractivity contribution is 7.19. The van der Waals surface area contributed by atoms with Gasteiger partial charge >= 0.3 is 0 Å². The lowest BCUT2D eigenvalue weighted by atomic mass is 10.1. The molecule has 0 saturated carbocycles. The van der Waals surface area contributed by atoms with Gasteiger partial charge in [0.2, 0.25) is 0 Å². The predicted molar refractivity (Wildman–Crippen MR) is 60.5 cm³/mol. The van der Waals surface area contributed by atoms with E-state index in [1.807, 2.05) is 24.3 Å². The quantitative estimate of drug-likeness (QED) is 0.792. The molecule has 1 heterocycles. The van der Waals surface area contributed by atoms with Gasteiger partial charge in [-0.25, -0.2) is 0 Å². The second-order valence-electron chi connectivity index (χ2n) is 3.63. The molecule has 0 aliphatic heterocycles. The van der Waals surface area contributed by atoms with Crippen LogP contribution in [0.25, 0.3) is 10.1 Å². The van der Waals surface area contributed by atoms with Gasteiger partial charge < -0.3 is 10.8 Å². The minimum atomic E-state index is -0.899. The zero-order valence-corrected chi connectivity index (χ0v) is 8.84. The largest absolute Gasteiger partial charge is 0.383 e. The standard InChI is InChI=1S/C11H13NOS/c1-11(13,7-12)10-6-8-4-2-3-5-9(8)14-10/h2-6,13H,7,12H2,1H3. The van der Waals surface area contributed by atoms with E-state index in [1.165, 1.54) is 10.1 Å². The van der Waals surface area contributed by atoms with Crippen molar-refractivity contribution in [3.8, 4) is 0 Å². The Labute approximate surface area is 87.0 Å².